The van der Waals surface area contributed by atoms with E-state index >= 15 is 0 Å². The fourth-order valence-corrected chi connectivity index (χ4v) is 6.02. The van der Waals surface area contributed by atoms with E-state index in [4.69, 9.17) is 18.9 Å². The van der Waals surface area contributed by atoms with Crippen LogP contribution in [0.3, 0.4) is 0 Å². The van der Waals surface area contributed by atoms with E-state index in [-0.39, 0.29) is 24.4 Å². The van der Waals surface area contributed by atoms with Crippen LogP contribution in [0.1, 0.15) is 35.1 Å². The van der Waals surface area contributed by atoms with Crippen LogP contribution >= 0.6 is 0 Å². The Kier molecular flexibility index (Phi) is 15.9. The number of rotatable bonds is 22. The Bertz CT molecular complexity index is 1670. The fourth-order valence-electron chi connectivity index (χ4n) is 6.02. The summed E-state index contributed by atoms with van der Waals surface area (Å²) in [5.74, 6) is 1.84. The lowest BCUT2D eigenvalue weighted by molar-refractivity contribution is -0.135. The molecule has 0 fully saturated rings. The normalized spacial score (nSPS) is 11.8. The van der Waals surface area contributed by atoms with E-state index in [0.717, 1.165) is 48.2 Å². The van der Waals surface area contributed by atoms with Gasteiger partial charge in [0.1, 0.15) is 5.41 Å². The minimum absolute atomic E-state index is 0.223. The number of ketones is 2. The molecule has 4 rings (SSSR count). The molecule has 0 saturated heterocycles. The van der Waals surface area contributed by atoms with E-state index in [1.807, 2.05) is 125 Å². The molecule has 4 aromatic carbocycles. The van der Waals surface area contributed by atoms with Gasteiger partial charge in [-0.2, -0.15) is 0 Å². The Morgan fingerprint density at radius 3 is 1.32 bits per heavy atom. The van der Waals surface area contributed by atoms with E-state index in [9.17, 15) is 9.59 Å². The summed E-state index contributed by atoms with van der Waals surface area (Å²) in [6.45, 7) is 2.95. The minimum atomic E-state index is -1.42. The Labute approximate surface area is 315 Å². The largest absolute Gasteiger partial charge is 0.493 e. The highest BCUT2D eigenvalue weighted by Gasteiger charge is 2.43. The first-order valence-corrected chi connectivity index (χ1v) is 18.1. The average Bonchev–Trinajstić information content (AvgIpc) is 3.17. The topological polar surface area (TPSA) is 77.5 Å². The third-order valence-corrected chi connectivity index (χ3v) is 8.88. The van der Waals surface area contributed by atoms with Crippen LogP contribution in [-0.2, 0) is 22.4 Å². The quantitative estimate of drug-likeness (QED) is 0.0465. The van der Waals surface area contributed by atoms with Crippen LogP contribution in [0.15, 0.2) is 109 Å². The summed E-state index contributed by atoms with van der Waals surface area (Å²) in [7, 11) is 11.3. The molecule has 0 aliphatic rings. The van der Waals surface area contributed by atoms with Crippen molar-refractivity contribution in [2.75, 3.05) is 68.7 Å². The van der Waals surface area contributed by atoms with Gasteiger partial charge in [-0.1, -0.05) is 84.9 Å². The molecule has 0 saturated carbocycles. The molecule has 8 heteroatoms. The molecule has 0 aliphatic heterocycles. The van der Waals surface area contributed by atoms with Crippen molar-refractivity contribution < 1.29 is 28.5 Å². The molecular weight excluding hydrogens is 665 g/mol. The first kappa shape index (κ1) is 40.6. The molecule has 0 bridgehead atoms. The molecule has 0 amide bonds. The van der Waals surface area contributed by atoms with Crippen molar-refractivity contribution >= 4 is 23.7 Å². The summed E-state index contributed by atoms with van der Waals surface area (Å²) in [4.78, 5) is 33.5. The van der Waals surface area contributed by atoms with Crippen LogP contribution in [-0.4, -0.2) is 90.1 Å². The Morgan fingerprint density at radius 2 is 0.962 bits per heavy atom. The first-order chi connectivity index (χ1) is 25.6. The summed E-state index contributed by atoms with van der Waals surface area (Å²) < 4.78 is 23.2. The van der Waals surface area contributed by atoms with Gasteiger partial charge < -0.3 is 28.7 Å². The predicted molar refractivity (Wildman–Crippen MR) is 214 cm³/mol. The fraction of sp³-hybridized carbons (Fsp3) is 0.333. The molecule has 0 radical (unpaired) electrons. The third kappa shape index (κ3) is 12.5. The number of carbonyl (C=O) groups is 2. The van der Waals surface area contributed by atoms with Crippen molar-refractivity contribution in [1.29, 1.82) is 0 Å². The lowest BCUT2D eigenvalue weighted by atomic mass is 9.69. The first-order valence-electron chi connectivity index (χ1n) is 18.1. The number of ether oxygens (including phenoxy) is 4. The molecule has 0 unspecified atom stereocenters. The molecule has 0 aromatic heterocycles. The molecule has 0 heterocycles. The second kappa shape index (κ2) is 20.8. The standard InChI is InChI=1S/C45H54N2O6/c1-46(2)27-13-29-52-39-23-19-35(31-41(39)50-5)21-25-43(48)45(33-37-15-9-7-10-16-37,34-38-17-11-8-12-18-38)44(49)26-22-36-20-24-40(42(32-36)51-6)53-30-14-28-47(3)4/h7-12,15-26,31-32H,13-14,27-30,33-34H2,1-6H3/b25-21-,26-22+. The van der Waals surface area contributed by atoms with Crippen LogP contribution in [0, 0.1) is 5.41 Å². The summed E-state index contributed by atoms with van der Waals surface area (Å²) >= 11 is 0. The van der Waals surface area contributed by atoms with Crippen LogP contribution in [0.5, 0.6) is 23.0 Å². The maximum atomic E-state index is 14.6. The zero-order valence-corrected chi connectivity index (χ0v) is 32.0. The van der Waals surface area contributed by atoms with Gasteiger partial charge in [0.15, 0.2) is 34.6 Å². The van der Waals surface area contributed by atoms with Gasteiger partial charge in [0.05, 0.1) is 27.4 Å². The molecule has 8 nitrogen and oxygen atoms in total. The van der Waals surface area contributed by atoms with Gasteiger partial charge in [-0.05, 0) is 113 Å². The van der Waals surface area contributed by atoms with Crippen molar-refractivity contribution in [2.45, 2.75) is 25.7 Å². The zero-order valence-electron chi connectivity index (χ0n) is 32.0. The molecule has 280 valence electrons. The van der Waals surface area contributed by atoms with Gasteiger partial charge in [-0.3, -0.25) is 9.59 Å². The van der Waals surface area contributed by atoms with Crippen molar-refractivity contribution in [2.24, 2.45) is 5.41 Å². The second-order valence-electron chi connectivity index (χ2n) is 13.6. The molecule has 0 aliphatic carbocycles. The van der Waals surface area contributed by atoms with Crippen LogP contribution in [0.4, 0.5) is 0 Å². The number of nitrogens with zero attached hydrogens (tertiary/aromatic N) is 2. The van der Waals surface area contributed by atoms with Gasteiger partial charge in [0.25, 0.3) is 0 Å². The van der Waals surface area contributed by atoms with E-state index in [1.54, 1.807) is 26.4 Å². The lowest BCUT2D eigenvalue weighted by Gasteiger charge is -2.29. The third-order valence-electron chi connectivity index (χ3n) is 8.88. The van der Waals surface area contributed by atoms with Crippen molar-refractivity contribution in [3.63, 3.8) is 0 Å². The van der Waals surface area contributed by atoms with Gasteiger partial charge in [0.2, 0.25) is 0 Å². The number of allylic oxidation sites excluding steroid dienone is 2. The monoisotopic (exact) mass is 718 g/mol. The molecule has 4 aromatic rings. The predicted octanol–water partition coefficient (Wildman–Crippen LogP) is 7.70. The molecule has 0 atom stereocenters. The molecule has 0 spiro atoms. The minimum Gasteiger partial charge on any atom is -0.493 e. The number of carbonyl (C=O) groups excluding carboxylic acids is 2. The number of benzene rings is 4. The number of methoxy groups -OCH3 is 2. The van der Waals surface area contributed by atoms with Gasteiger partial charge in [-0.25, -0.2) is 0 Å². The van der Waals surface area contributed by atoms with Crippen molar-refractivity contribution in [3.05, 3.63) is 131 Å². The zero-order chi connectivity index (χ0) is 38.1. The number of hydrogen-bond acceptors (Lipinski definition) is 8. The van der Waals surface area contributed by atoms with Crippen LogP contribution in [0.25, 0.3) is 12.2 Å². The summed E-state index contributed by atoms with van der Waals surface area (Å²) in [5, 5.41) is 0. The SMILES string of the molecule is COc1cc(/C=C\C(=O)C(Cc2ccccc2)(Cc2ccccc2)C(=O)/C=C/c2ccc(OCCCN(C)C)c(OC)c2)ccc1OCCCN(C)C. The highest BCUT2D eigenvalue weighted by molar-refractivity contribution is 6.17. The maximum absolute atomic E-state index is 14.6. The Morgan fingerprint density at radius 1 is 0.566 bits per heavy atom. The molecular formula is C45H54N2O6. The summed E-state index contributed by atoms with van der Waals surface area (Å²) in [5.41, 5.74) is 1.87. The number of hydrogen-bond donors (Lipinski definition) is 0. The Balaban J connectivity index is 1.66. The summed E-state index contributed by atoms with van der Waals surface area (Å²) in [6.07, 6.45) is 8.73. The summed E-state index contributed by atoms with van der Waals surface area (Å²) in [6, 6.07) is 30.5. The van der Waals surface area contributed by atoms with Crippen molar-refractivity contribution in [3.8, 4) is 23.0 Å². The average molecular weight is 719 g/mol. The van der Waals surface area contributed by atoms with E-state index in [1.165, 1.54) is 12.2 Å². The lowest BCUT2D eigenvalue weighted by Crippen LogP contribution is -2.42. The van der Waals surface area contributed by atoms with Crippen LogP contribution in [0.2, 0.25) is 0 Å². The highest BCUT2D eigenvalue weighted by atomic mass is 16.5. The van der Waals surface area contributed by atoms with Gasteiger partial charge in [-0.15, -0.1) is 0 Å². The maximum Gasteiger partial charge on any atom is 0.170 e. The van der Waals surface area contributed by atoms with Crippen molar-refractivity contribution in [1.82, 2.24) is 9.80 Å². The highest BCUT2D eigenvalue weighted by Crippen LogP contribution is 2.34. The molecule has 53 heavy (non-hydrogen) atoms. The Hall–Kier alpha value is -5.18. The van der Waals surface area contributed by atoms with E-state index in [0.29, 0.717) is 36.2 Å². The smallest absolute Gasteiger partial charge is 0.170 e. The van der Waals surface area contributed by atoms with Crippen LogP contribution < -0.4 is 18.9 Å². The van der Waals surface area contributed by atoms with E-state index in [2.05, 4.69) is 9.80 Å². The molecule has 0 N–H and O–H groups in total. The van der Waals surface area contributed by atoms with E-state index < -0.39 is 5.41 Å². The second-order valence-corrected chi connectivity index (χ2v) is 13.6. The van der Waals surface area contributed by atoms with Gasteiger partial charge in [0, 0.05) is 13.1 Å². The van der Waals surface area contributed by atoms with Gasteiger partial charge >= 0.3 is 0 Å².